The van der Waals surface area contributed by atoms with Gasteiger partial charge in [-0.1, -0.05) is 26.7 Å². The van der Waals surface area contributed by atoms with Gasteiger partial charge in [0.15, 0.2) is 0 Å². The molecule has 0 atom stereocenters. The Morgan fingerprint density at radius 2 is 0.926 bits per heavy atom. The fourth-order valence-corrected chi connectivity index (χ4v) is 5.10. The lowest BCUT2D eigenvalue weighted by Gasteiger charge is -1.91. The van der Waals surface area contributed by atoms with Crippen LogP contribution in [-0.2, 0) is 12.8 Å². The molecule has 0 aliphatic heterocycles. The van der Waals surface area contributed by atoms with E-state index in [4.69, 9.17) is 0 Å². The third-order valence-corrected chi connectivity index (χ3v) is 7.14. The van der Waals surface area contributed by atoms with Crippen molar-refractivity contribution in [2.45, 2.75) is 52.4 Å². The highest BCUT2D eigenvalue weighted by Crippen LogP contribution is 2.20. The molecular weight excluding hydrogens is 384 g/mol. The van der Waals surface area contributed by atoms with Crippen molar-refractivity contribution in [3.63, 3.8) is 0 Å². The summed E-state index contributed by atoms with van der Waals surface area (Å²) in [7, 11) is 0. The molecule has 0 bridgehead atoms. The molecule has 0 fully saturated rings. The molecule has 3 rings (SSSR count). The van der Waals surface area contributed by atoms with Gasteiger partial charge in [0.1, 0.15) is 0 Å². The van der Waals surface area contributed by atoms with Crippen LogP contribution in [0.1, 0.15) is 68.8 Å². The van der Waals surface area contributed by atoms with Crippen molar-refractivity contribution < 1.29 is 0 Å². The second-order valence-corrected chi connectivity index (χ2v) is 9.82. The van der Waals surface area contributed by atoms with Crippen LogP contribution < -0.4 is 0 Å². The predicted molar refractivity (Wildman–Crippen MR) is 122 cm³/mol. The number of rotatable bonds is 6. The molecule has 0 nitrogen and oxygen atoms in total. The van der Waals surface area contributed by atoms with Gasteiger partial charge in [-0.05, 0) is 85.8 Å². The maximum atomic E-state index is 3.30. The first kappa shape index (κ1) is 20.0. The zero-order chi connectivity index (χ0) is 18.9. The normalized spacial score (nSPS) is 10.1. The van der Waals surface area contributed by atoms with Crippen LogP contribution in [0, 0.1) is 23.7 Å². The molecule has 0 saturated carbocycles. The average molecular weight is 409 g/mol. The second-order valence-electron chi connectivity index (χ2n) is 6.40. The van der Waals surface area contributed by atoms with E-state index >= 15 is 0 Å². The first-order valence-electron chi connectivity index (χ1n) is 9.58. The Morgan fingerprint density at radius 1 is 0.556 bits per heavy atom. The number of thiophene rings is 3. The van der Waals surface area contributed by atoms with Crippen molar-refractivity contribution in [2.24, 2.45) is 0 Å². The summed E-state index contributed by atoms with van der Waals surface area (Å²) >= 11 is 5.31. The molecule has 0 aliphatic rings. The van der Waals surface area contributed by atoms with Gasteiger partial charge in [0.25, 0.3) is 0 Å². The Balaban J connectivity index is 1.61. The molecule has 0 unspecified atom stereocenters. The van der Waals surface area contributed by atoms with Crippen LogP contribution in [0.4, 0.5) is 0 Å². The zero-order valence-electron chi connectivity index (χ0n) is 15.9. The minimum absolute atomic E-state index is 1.08. The van der Waals surface area contributed by atoms with Crippen LogP contribution in [0.2, 0.25) is 0 Å². The van der Waals surface area contributed by atoms with Gasteiger partial charge in [0.05, 0.1) is 19.5 Å². The van der Waals surface area contributed by atoms with Crippen molar-refractivity contribution in [3.05, 3.63) is 65.7 Å². The highest BCUT2D eigenvalue weighted by molar-refractivity contribution is 7.13. The van der Waals surface area contributed by atoms with Crippen LogP contribution in [-0.4, -0.2) is 0 Å². The summed E-state index contributed by atoms with van der Waals surface area (Å²) in [6.45, 7) is 4.46. The third-order valence-electron chi connectivity index (χ3n) is 4.10. The van der Waals surface area contributed by atoms with Gasteiger partial charge in [0.2, 0.25) is 0 Å². The molecule has 0 aromatic carbocycles. The minimum atomic E-state index is 1.08. The maximum Gasteiger partial charge on any atom is 0.0785 e. The van der Waals surface area contributed by atoms with Crippen molar-refractivity contribution >= 4 is 34.0 Å². The van der Waals surface area contributed by atoms with E-state index in [9.17, 15) is 0 Å². The van der Waals surface area contributed by atoms with Gasteiger partial charge in [-0.2, -0.15) is 0 Å². The van der Waals surface area contributed by atoms with E-state index in [0.717, 1.165) is 19.5 Å². The number of hydrogen-bond donors (Lipinski definition) is 0. The first-order valence-corrected chi connectivity index (χ1v) is 12.0. The van der Waals surface area contributed by atoms with E-state index in [2.05, 4.69) is 73.9 Å². The highest BCUT2D eigenvalue weighted by Gasteiger charge is 1.99. The third kappa shape index (κ3) is 6.40. The summed E-state index contributed by atoms with van der Waals surface area (Å²) in [5.74, 6) is 13.2. The number of hydrogen-bond acceptors (Lipinski definition) is 3. The van der Waals surface area contributed by atoms with Gasteiger partial charge in [0, 0.05) is 9.75 Å². The molecule has 3 aromatic heterocycles. The van der Waals surface area contributed by atoms with Gasteiger partial charge in [-0.25, -0.2) is 0 Å². The molecule has 138 valence electrons. The molecule has 0 spiro atoms. The maximum absolute atomic E-state index is 3.30. The molecule has 27 heavy (non-hydrogen) atoms. The lowest BCUT2D eigenvalue weighted by molar-refractivity contribution is 0.804. The molecule has 0 N–H and O–H groups in total. The predicted octanol–water partition coefficient (Wildman–Crippen LogP) is 7.36. The van der Waals surface area contributed by atoms with Crippen LogP contribution in [0.5, 0.6) is 0 Å². The average Bonchev–Trinajstić information content (AvgIpc) is 3.42. The van der Waals surface area contributed by atoms with Crippen molar-refractivity contribution in [3.8, 4) is 23.7 Å². The van der Waals surface area contributed by atoms with Gasteiger partial charge < -0.3 is 0 Å². The van der Waals surface area contributed by atoms with Crippen LogP contribution in [0.3, 0.4) is 0 Å². The van der Waals surface area contributed by atoms with E-state index in [1.165, 1.54) is 48.3 Å². The van der Waals surface area contributed by atoms with E-state index in [-0.39, 0.29) is 0 Å². The lowest BCUT2D eigenvalue weighted by Crippen LogP contribution is -1.76. The minimum Gasteiger partial charge on any atom is -0.132 e. The molecular formula is C24H24S3. The second kappa shape index (κ2) is 10.5. The molecule has 0 radical (unpaired) electrons. The smallest absolute Gasteiger partial charge is 0.0785 e. The van der Waals surface area contributed by atoms with Gasteiger partial charge in [-0.15, -0.1) is 34.0 Å². The molecule has 3 heterocycles. The topological polar surface area (TPSA) is 0 Å². The fourth-order valence-electron chi connectivity index (χ4n) is 2.58. The summed E-state index contributed by atoms with van der Waals surface area (Å²) in [5, 5.41) is 0. The van der Waals surface area contributed by atoms with Crippen LogP contribution in [0.15, 0.2) is 36.4 Å². The molecule has 0 saturated heterocycles. The number of aryl methyl sites for hydroxylation is 2. The van der Waals surface area contributed by atoms with Gasteiger partial charge in [-0.3, -0.25) is 0 Å². The number of unbranched alkanes of at least 4 members (excludes halogenated alkanes) is 2. The van der Waals surface area contributed by atoms with Crippen molar-refractivity contribution in [1.82, 2.24) is 0 Å². The molecule has 0 aliphatic carbocycles. The Morgan fingerprint density at radius 3 is 1.33 bits per heavy atom. The Bertz CT molecular complexity index is 897. The zero-order valence-corrected chi connectivity index (χ0v) is 18.4. The summed E-state index contributed by atoms with van der Waals surface area (Å²) in [6.07, 6.45) is 7.33. The van der Waals surface area contributed by atoms with Gasteiger partial charge >= 0.3 is 0 Å². The highest BCUT2D eigenvalue weighted by atomic mass is 32.1. The van der Waals surface area contributed by atoms with E-state index in [1.54, 1.807) is 11.3 Å². The largest absolute Gasteiger partial charge is 0.132 e. The van der Waals surface area contributed by atoms with Crippen molar-refractivity contribution in [2.75, 3.05) is 0 Å². The molecule has 0 amide bonds. The Kier molecular flexibility index (Phi) is 7.79. The monoisotopic (exact) mass is 408 g/mol. The van der Waals surface area contributed by atoms with Crippen molar-refractivity contribution in [1.29, 1.82) is 0 Å². The van der Waals surface area contributed by atoms with E-state index < -0.39 is 0 Å². The summed E-state index contributed by atoms with van der Waals surface area (Å²) in [6, 6.07) is 12.9. The summed E-state index contributed by atoms with van der Waals surface area (Å²) in [5.41, 5.74) is 0. The lowest BCUT2D eigenvalue weighted by atomic mass is 10.2. The fraction of sp³-hybridized carbons (Fsp3) is 0.333. The Labute approximate surface area is 175 Å². The SMILES string of the molecule is CCCCc1ccc(C#Cc2ccc(C#Cc3ccc(CCCC)s3)s2)s1. The molecule has 3 aromatic rings. The van der Waals surface area contributed by atoms with E-state index in [0.29, 0.717) is 0 Å². The first-order chi connectivity index (χ1) is 13.3. The van der Waals surface area contributed by atoms with Crippen LogP contribution >= 0.6 is 34.0 Å². The molecule has 3 heteroatoms. The van der Waals surface area contributed by atoms with E-state index in [1.807, 2.05) is 22.7 Å². The summed E-state index contributed by atoms with van der Waals surface area (Å²) < 4.78 is 0. The Hall–Kier alpha value is -1.78. The quantitative estimate of drug-likeness (QED) is 0.374. The van der Waals surface area contributed by atoms with Crippen LogP contribution in [0.25, 0.3) is 0 Å². The standard InChI is InChI=1S/C24H24S3/c1-3-5-7-19-9-11-21(25-19)13-15-23-17-18-24(27-23)16-14-22-12-10-20(26-22)8-6-4-2/h9-12,17-18H,3-8H2,1-2H3. The summed E-state index contributed by atoms with van der Waals surface area (Å²) in [4.78, 5) is 7.34.